The zero-order valence-electron chi connectivity index (χ0n) is 12.7. The maximum absolute atomic E-state index is 13.3. The van der Waals surface area contributed by atoms with Gasteiger partial charge in [-0.3, -0.25) is 9.59 Å². The van der Waals surface area contributed by atoms with Crippen molar-refractivity contribution < 1.29 is 18.4 Å². The second-order valence-electron chi connectivity index (χ2n) is 5.53. The molecule has 0 bridgehead atoms. The third kappa shape index (κ3) is 3.21. The van der Waals surface area contributed by atoms with Crippen molar-refractivity contribution in [3.05, 3.63) is 41.2 Å². The summed E-state index contributed by atoms with van der Waals surface area (Å²) in [5, 5.41) is 12.9. The summed E-state index contributed by atoms with van der Waals surface area (Å²) >= 11 is 0. The number of hydrogen-bond donors (Lipinski definition) is 1. The number of amides is 2. The van der Waals surface area contributed by atoms with Crippen LogP contribution in [0.2, 0.25) is 0 Å². The molecule has 2 amide bonds. The average molecular weight is 336 g/mol. The van der Waals surface area contributed by atoms with Crippen LogP contribution < -0.4 is 5.32 Å². The number of halogens is 2. The molecule has 1 aliphatic heterocycles. The van der Waals surface area contributed by atoms with E-state index in [1.54, 1.807) is 6.92 Å². The summed E-state index contributed by atoms with van der Waals surface area (Å²) in [4.78, 5) is 25.7. The van der Waals surface area contributed by atoms with Gasteiger partial charge in [0.15, 0.2) is 11.6 Å². The molecule has 10 heteroatoms. The number of benzene rings is 1. The molecule has 0 radical (unpaired) electrons. The molecule has 0 saturated heterocycles. The fourth-order valence-corrected chi connectivity index (χ4v) is 2.57. The Morgan fingerprint density at radius 1 is 1.25 bits per heavy atom. The predicted octanol–water partition coefficient (Wildman–Crippen LogP) is -0.00160. The van der Waals surface area contributed by atoms with E-state index < -0.39 is 23.6 Å². The Kier molecular flexibility index (Phi) is 4.19. The Balaban J connectivity index is 1.59. The van der Waals surface area contributed by atoms with E-state index >= 15 is 0 Å². The lowest BCUT2D eigenvalue weighted by atomic mass is 10.1. The molecule has 24 heavy (non-hydrogen) atoms. The lowest BCUT2D eigenvalue weighted by Gasteiger charge is -2.21. The zero-order valence-corrected chi connectivity index (χ0v) is 12.7. The molecule has 1 N–H and O–H groups in total. The smallest absolute Gasteiger partial charge is 0.245 e. The van der Waals surface area contributed by atoms with Crippen molar-refractivity contribution in [1.29, 1.82) is 0 Å². The van der Waals surface area contributed by atoms with Crippen molar-refractivity contribution in [2.75, 3.05) is 0 Å². The predicted molar refractivity (Wildman–Crippen MR) is 76.0 cm³/mol. The summed E-state index contributed by atoms with van der Waals surface area (Å²) in [5.74, 6) is -2.63. The number of rotatable bonds is 4. The maximum atomic E-state index is 13.3. The molecule has 1 atom stereocenters. The molecular weight excluding hydrogens is 322 g/mol. The van der Waals surface area contributed by atoms with E-state index in [0.29, 0.717) is 11.1 Å². The highest BCUT2D eigenvalue weighted by Gasteiger charge is 2.28. The van der Waals surface area contributed by atoms with Crippen molar-refractivity contribution in [3.8, 4) is 0 Å². The third-order valence-corrected chi connectivity index (χ3v) is 3.72. The highest BCUT2D eigenvalue weighted by atomic mass is 19.2. The number of fused-ring (bicyclic) bond motifs is 1. The first-order valence-electron chi connectivity index (χ1n) is 7.19. The van der Waals surface area contributed by atoms with Crippen LogP contribution in [0.3, 0.4) is 0 Å². The van der Waals surface area contributed by atoms with E-state index in [1.165, 1.54) is 15.9 Å². The molecule has 0 fully saturated rings. The number of carbonyl (C=O) groups is 2. The molecule has 0 spiro atoms. The number of aromatic nitrogens is 4. The summed E-state index contributed by atoms with van der Waals surface area (Å²) in [6, 6.07) is 1.41. The number of hydrogen-bond acceptors (Lipinski definition) is 5. The van der Waals surface area contributed by atoms with Gasteiger partial charge >= 0.3 is 0 Å². The van der Waals surface area contributed by atoms with E-state index in [0.717, 1.165) is 12.1 Å². The van der Waals surface area contributed by atoms with Crippen LogP contribution >= 0.6 is 0 Å². The summed E-state index contributed by atoms with van der Waals surface area (Å²) in [6.45, 7) is 1.79. The highest BCUT2D eigenvalue weighted by Crippen LogP contribution is 2.25. The van der Waals surface area contributed by atoms with Crippen LogP contribution in [0.25, 0.3) is 0 Å². The van der Waals surface area contributed by atoms with Gasteiger partial charge in [-0.2, -0.15) is 0 Å². The van der Waals surface area contributed by atoms with Crippen molar-refractivity contribution in [2.24, 2.45) is 0 Å². The number of nitrogens with zero attached hydrogens (tertiary/aromatic N) is 5. The minimum Gasteiger partial charge on any atom is -0.343 e. The van der Waals surface area contributed by atoms with Gasteiger partial charge in [0, 0.05) is 13.1 Å². The second kappa shape index (κ2) is 6.30. The van der Waals surface area contributed by atoms with Crippen molar-refractivity contribution in [3.63, 3.8) is 0 Å². The molecule has 8 nitrogen and oxygen atoms in total. The molecule has 1 aromatic carbocycles. The van der Waals surface area contributed by atoms with E-state index in [-0.39, 0.29) is 25.5 Å². The third-order valence-electron chi connectivity index (χ3n) is 3.72. The highest BCUT2D eigenvalue weighted by molar-refractivity contribution is 5.87. The van der Waals surface area contributed by atoms with Crippen LogP contribution in [-0.4, -0.2) is 43.0 Å². The Morgan fingerprint density at radius 2 is 1.88 bits per heavy atom. The van der Waals surface area contributed by atoms with Gasteiger partial charge in [0.2, 0.25) is 11.8 Å². The summed E-state index contributed by atoms with van der Waals surface area (Å²) in [7, 11) is 0. The summed E-state index contributed by atoms with van der Waals surface area (Å²) in [6.07, 6.45) is 1.28. The lowest BCUT2D eigenvalue weighted by Crippen LogP contribution is -2.46. The molecule has 1 aromatic heterocycles. The topological polar surface area (TPSA) is 93.0 Å². The molecule has 2 aromatic rings. The van der Waals surface area contributed by atoms with Gasteiger partial charge < -0.3 is 10.2 Å². The van der Waals surface area contributed by atoms with Gasteiger partial charge in [0.05, 0.1) is 0 Å². The quantitative estimate of drug-likeness (QED) is 0.848. The second-order valence-corrected chi connectivity index (χ2v) is 5.53. The van der Waals surface area contributed by atoms with Crippen LogP contribution in [-0.2, 0) is 29.2 Å². The Labute approximate surface area is 135 Å². The maximum Gasteiger partial charge on any atom is 0.245 e. The molecule has 3 rings (SSSR count). The number of nitrogens with one attached hydrogen (secondary N) is 1. The van der Waals surface area contributed by atoms with E-state index in [2.05, 4.69) is 20.8 Å². The van der Waals surface area contributed by atoms with Gasteiger partial charge in [0.25, 0.3) is 0 Å². The Hall–Kier alpha value is -2.91. The zero-order chi connectivity index (χ0) is 17.3. The van der Waals surface area contributed by atoms with Crippen LogP contribution in [0.1, 0.15) is 18.1 Å². The Morgan fingerprint density at radius 3 is 2.42 bits per heavy atom. The fourth-order valence-electron chi connectivity index (χ4n) is 2.57. The Bertz CT molecular complexity index is 749. The largest absolute Gasteiger partial charge is 0.343 e. The fraction of sp³-hybridized carbons (Fsp3) is 0.357. The molecular formula is C14H14F2N6O2. The van der Waals surface area contributed by atoms with E-state index in [9.17, 15) is 18.4 Å². The molecule has 0 saturated carbocycles. The van der Waals surface area contributed by atoms with Crippen LogP contribution in [0.5, 0.6) is 0 Å². The van der Waals surface area contributed by atoms with Gasteiger partial charge in [-0.25, -0.2) is 13.5 Å². The first-order chi connectivity index (χ1) is 11.4. The molecule has 0 unspecified atom stereocenters. The van der Waals surface area contributed by atoms with Crippen molar-refractivity contribution in [1.82, 2.24) is 30.4 Å². The summed E-state index contributed by atoms with van der Waals surface area (Å²) < 4.78 is 27.7. The standard InChI is InChI=1S/C14H14F2N6O2/c1-8(18-13(23)6-22-7-17-19-20-22)14(24)21-4-9-2-11(15)12(16)3-10(9)5-21/h2-3,7-8H,4-6H2,1H3,(H,18,23)/t8-/m1/s1. The first kappa shape index (κ1) is 16.0. The van der Waals surface area contributed by atoms with E-state index in [4.69, 9.17) is 0 Å². The summed E-state index contributed by atoms with van der Waals surface area (Å²) in [5.41, 5.74) is 1.13. The first-order valence-corrected chi connectivity index (χ1v) is 7.19. The van der Waals surface area contributed by atoms with Crippen molar-refractivity contribution >= 4 is 11.8 Å². The molecule has 126 valence electrons. The average Bonchev–Trinajstić information content (AvgIpc) is 3.16. The van der Waals surface area contributed by atoms with Crippen LogP contribution in [0.4, 0.5) is 8.78 Å². The monoisotopic (exact) mass is 336 g/mol. The van der Waals surface area contributed by atoms with Crippen molar-refractivity contribution in [2.45, 2.75) is 32.6 Å². The van der Waals surface area contributed by atoms with Gasteiger partial charge in [-0.05, 0) is 40.6 Å². The van der Waals surface area contributed by atoms with Gasteiger partial charge in [0.1, 0.15) is 18.9 Å². The number of carbonyl (C=O) groups excluding carboxylic acids is 2. The minimum absolute atomic E-state index is 0.110. The molecule has 2 heterocycles. The van der Waals surface area contributed by atoms with Gasteiger partial charge in [-0.15, -0.1) is 5.10 Å². The normalized spacial score (nSPS) is 14.4. The lowest BCUT2D eigenvalue weighted by molar-refractivity contribution is -0.136. The van der Waals surface area contributed by atoms with E-state index in [1.807, 2.05) is 0 Å². The number of tetrazole rings is 1. The SMILES string of the molecule is C[C@@H](NC(=O)Cn1cnnn1)C(=O)N1Cc2cc(F)c(F)cc2C1. The minimum atomic E-state index is -0.939. The van der Waals surface area contributed by atoms with Crippen LogP contribution in [0, 0.1) is 11.6 Å². The molecule has 1 aliphatic rings. The van der Waals surface area contributed by atoms with Crippen LogP contribution in [0.15, 0.2) is 18.5 Å². The molecule has 0 aliphatic carbocycles. The van der Waals surface area contributed by atoms with Gasteiger partial charge in [-0.1, -0.05) is 0 Å².